The second-order valence-corrected chi connectivity index (χ2v) is 3.96. The molecule has 4 heteroatoms. The Labute approximate surface area is 104 Å². The van der Waals surface area contributed by atoms with Crippen LogP contribution in [0.3, 0.4) is 0 Å². The Balaban J connectivity index is 2.65. The summed E-state index contributed by atoms with van der Waals surface area (Å²) < 4.78 is 19.2. The lowest BCUT2D eigenvalue weighted by molar-refractivity contribution is 0.0696. The van der Waals surface area contributed by atoms with Gasteiger partial charge in [0, 0.05) is 10.8 Å². The number of benzene rings is 2. The number of ether oxygens (including phenoxy) is 1. The quantitative estimate of drug-likeness (QED) is 0.901. The molecule has 18 heavy (non-hydrogen) atoms. The predicted octanol–water partition coefficient (Wildman–Crippen LogP) is 3.47. The van der Waals surface area contributed by atoms with Crippen molar-refractivity contribution in [2.45, 2.75) is 13.3 Å². The zero-order valence-electron chi connectivity index (χ0n) is 9.94. The molecule has 94 valence electrons. The summed E-state index contributed by atoms with van der Waals surface area (Å²) in [5.41, 5.74) is 0.0266. The van der Waals surface area contributed by atoms with Gasteiger partial charge in [0.05, 0.1) is 12.2 Å². The second kappa shape index (κ2) is 5.04. The van der Waals surface area contributed by atoms with E-state index in [0.717, 1.165) is 6.42 Å². The third kappa shape index (κ3) is 2.27. The molecule has 0 heterocycles. The molecule has 2 rings (SSSR count). The summed E-state index contributed by atoms with van der Waals surface area (Å²) in [5.74, 6) is -1.13. The highest BCUT2D eigenvalue weighted by molar-refractivity contribution is 5.97. The van der Waals surface area contributed by atoms with Crippen molar-refractivity contribution in [3.8, 4) is 5.75 Å². The minimum absolute atomic E-state index is 0.0266. The Bertz CT molecular complexity index is 593. The minimum Gasteiger partial charge on any atom is -0.493 e. The molecule has 0 spiro atoms. The number of carboxylic acids is 1. The highest BCUT2D eigenvalue weighted by atomic mass is 19.1. The van der Waals surface area contributed by atoms with Gasteiger partial charge in [0.25, 0.3) is 0 Å². The van der Waals surface area contributed by atoms with Crippen LogP contribution in [0.2, 0.25) is 0 Å². The molecule has 2 aromatic rings. The van der Waals surface area contributed by atoms with Gasteiger partial charge in [0.15, 0.2) is 0 Å². The molecule has 0 radical (unpaired) electrons. The molecule has 2 aromatic carbocycles. The lowest BCUT2D eigenvalue weighted by Crippen LogP contribution is -2.01. The SMILES string of the molecule is CCCOc1cc(C(=O)O)cc2c(F)cccc12. The summed E-state index contributed by atoms with van der Waals surface area (Å²) in [6.45, 7) is 2.42. The number of rotatable bonds is 4. The van der Waals surface area contributed by atoms with E-state index in [2.05, 4.69) is 0 Å². The predicted molar refractivity (Wildman–Crippen MR) is 66.7 cm³/mol. The number of hydrogen-bond acceptors (Lipinski definition) is 2. The van der Waals surface area contributed by atoms with Gasteiger partial charge in [-0.05, 0) is 24.6 Å². The van der Waals surface area contributed by atoms with Crippen molar-refractivity contribution in [3.63, 3.8) is 0 Å². The van der Waals surface area contributed by atoms with Crippen molar-refractivity contribution in [2.75, 3.05) is 6.61 Å². The molecule has 3 nitrogen and oxygen atoms in total. The van der Waals surface area contributed by atoms with Crippen molar-refractivity contribution in [1.29, 1.82) is 0 Å². The number of hydrogen-bond donors (Lipinski definition) is 1. The first kappa shape index (κ1) is 12.4. The van der Waals surface area contributed by atoms with Crippen molar-refractivity contribution < 1.29 is 19.0 Å². The molecule has 0 amide bonds. The minimum atomic E-state index is -1.10. The van der Waals surface area contributed by atoms with Crippen LogP contribution in [0.5, 0.6) is 5.75 Å². The standard InChI is InChI=1S/C14H13FO3/c1-2-6-18-13-8-9(14(16)17)7-11-10(13)4-3-5-12(11)15/h3-5,7-8H,2,6H2,1H3,(H,16,17). The summed E-state index contributed by atoms with van der Waals surface area (Å²) in [4.78, 5) is 11.0. The van der Waals surface area contributed by atoms with Gasteiger partial charge in [0.1, 0.15) is 11.6 Å². The fraction of sp³-hybridized carbons (Fsp3) is 0.214. The molecule has 1 N–H and O–H groups in total. The Hall–Kier alpha value is -2.10. The van der Waals surface area contributed by atoms with Crippen LogP contribution >= 0.6 is 0 Å². The van der Waals surface area contributed by atoms with Gasteiger partial charge in [-0.3, -0.25) is 0 Å². The molecular weight excluding hydrogens is 235 g/mol. The average molecular weight is 248 g/mol. The van der Waals surface area contributed by atoms with E-state index in [1.807, 2.05) is 6.92 Å². The zero-order valence-corrected chi connectivity index (χ0v) is 9.94. The van der Waals surface area contributed by atoms with E-state index >= 15 is 0 Å². The zero-order chi connectivity index (χ0) is 13.1. The van der Waals surface area contributed by atoms with Crippen molar-refractivity contribution in [2.24, 2.45) is 0 Å². The smallest absolute Gasteiger partial charge is 0.335 e. The molecule has 0 bridgehead atoms. The van der Waals surface area contributed by atoms with Crippen LogP contribution in [-0.2, 0) is 0 Å². The Morgan fingerprint density at radius 1 is 1.33 bits per heavy atom. The average Bonchev–Trinajstić information content (AvgIpc) is 2.36. The summed E-state index contributed by atoms with van der Waals surface area (Å²) in [6.07, 6.45) is 0.800. The van der Waals surface area contributed by atoms with Crippen LogP contribution in [0, 0.1) is 5.82 Å². The number of fused-ring (bicyclic) bond motifs is 1. The first-order valence-electron chi connectivity index (χ1n) is 5.72. The Morgan fingerprint density at radius 3 is 2.78 bits per heavy atom. The Morgan fingerprint density at radius 2 is 2.11 bits per heavy atom. The van der Waals surface area contributed by atoms with E-state index in [0.29, 0.717) is 17.7 Å². The number of halogens is 1. The van der Waals surface area contributed by atoms with Gasteiger partial charge < -0.3 is 9.84 Å². The molecule has 0 unspecified atom stereocenters. The van der Waals surface area contributed by atoms with E-state index in [9.17, 15) is 9.18 Å². The van der Waals surface area contributed by atoms with Crippen LogP contribution in [0.25, 0.3) is 10.8 Å². The molecule has 0 saturated heterocycles. The molecule has 0 aromatic heterocycles. The Kier molecular flexibility index (Phi) is 3.46. The maximum Gasteiger partial charge on any atom is 0.335 e. The first-order chi connectivity index (χ1) is 8.63. The van der Waals surface area contributed by atoms with E-state index in [-0.39, 0.29) is 10.9 Å². The molecule has 0 aliphatic rings. The normalized spacial score (nSPS) is 10.6. The van der Waals surface area contributed by atoms with Crippen molar-refractivity contribution >= 4 is 16.7 Å². The third-order valence-corrected chi connectivity index (χ3v) is 2.61. The van der Waals surface area contributed by atoms with E-state index in [4.69, 9.17) is 9.84 Å². The van der Waals surface area contributed by atoms with Gasteiger partial charge in [-0.15, -0.1) is 0 Å². The van der Waals surface area contributed by atoms with E-state index in [1.54, 1.807) is 12.1 Å². The molecular formula is C14H13FO3. The molecule has 0 atom stereocenters. The number of carbonyl (C=O) groups is 1. The maximum atomic E-state index is 13.7. The highest BCUT2D eigenvalue weighted by Crippen LogP contribution is 2.29. The monoisotopic (exact) mass is 248 g/mol. The van der Waals surface area contributed by atoms with Gasteiger partial charge in [-0.25, -0.2) is 9.18 Å². The van der Waals surface area contributed by atoms with E-state index in [1.165, 1.54) is 18.2 Å². The molecule has 0 saturated carbocycles. The lowest BCUT2D eigenvalue weighted by Gasteiger charge is -2.10. The topological polar surface area (TPSA) is 46.5 Å². The fourth-order valence-corrected chi connectivity index (χ4v) is 1.77. The van der Waals surface area contributed by atoms with Gasteiger partial charge in [-0.1, -0.05) is 19.1 Å². The second-order valence-electron chi connectivity index (χ2n) is 3.96. The maximum absolute atomic E-state index is 13.7. The van der Waals surface area contributed by atoms with Gasteiger partial charge in [0.2, 0.25) is 0 Å². The van der Waals surface area contributed by atoms with Crippen LogP contribution in [-0.4, -0.2) is 17.7 Å². The fourth-order valence-electron chi connectivity index (χ4n) is 1.77. The summed E-state index contributed by atoms with van der Waals surface area (Å²) in [6, 6.07) is 7.36. The summed E-state index contributed by atoms with van der Waals surface area (Å²) >= 11 is 0. The van der Waals surface area contributed by atoms with Crippen molar-refractivity contribution in [3.05, 3.63) is 41.7 Å². The van der Waals surface area contributed by atoms with E-state index < -0.39 is 11.8 Å². The van der Waals surface area contributed by atoms with Gasteiger partial charge >= 0.3 is 5.97 Å². The third-order valence-electron chi connectivity index (χ3n) is 2.61. The molecule has 0 aliphatic heterocycles. The molecule has 0 fully saturated rings. The van der Waals surface area contributed by atoms with Crippen LogP contribution in [0.1, 0.15) is 23.7 Å². The van der Waals surface area contributed by atoms with Crippen LogP contribution in [0.4, 0.5) is 4.39 Å². The largest absolute Gasteiger partial charge is 0.493 e. The lowest BCUT2D eigenvalue weighted by atomic mass is 10.1. The highest BCUT2D eigenvalue weighted by Gasteiger charge is 2.12. The molecule has 0 aliphatic carbocycles. The first-order valence-corrected chi connectivity index (χ1v) is 5.72. The summed E-state index contributed by atoms with van der Waals surface area (Å²) in [7, 11) is 0. The number of aromatic carboxylic acids is 1. The van der Waals surface area contributed by atoms with Crippen molar-refractivity contribution in [1.82, 2.24) is 0 Å². The summed E-state index contributed by atoms with van der Waals surface area (Å²) in [5, 5.41) is 9.87. The van der Waals surface area contributed by atoms with Crippen LogP contribution in [0.15, 0.2) is 30.3 Å². The van der Waals surface area contributed by atoms with Gasteiger partial charge in [-0.2, -0.15) is 0 Å². The van der Waals surface area contributed by atoms with Crippen LogP contribution < -0.4 is 4.74 Å². The number of carboxylic acid groups (broad SMARTS) is 1.